The van der Waals surface area contributed by atoms with Gasteiger partial charge in [0.05, 0.1) is 17.3 Å². The molecule has 0 amide bonds. The standard InChI is InChI=1S/C13H16BrNO3/c1-13(2,3)18-11(16)8-6-9-5-7-10(14)12(15-9)17-4/h5-8H,1-4H3. The molecule has 18 heavy (non-hydrogen) atoms. The minimum absolute atomic E-state index is 0.397. The van der Waals surface area contributed by atoms with Gasteiger partial charge in [-0.05, 0) is 54.9 Å². The Labute approximate surface area is 115 Å². The van der Waals surface area contributed by atoms with E-state index < -0.39 is 11.6 Å². The Morgan fingerprint density at radius 3 is 2.61 bits per heavy atom. The van der Waals surface area contributed by atoms with Crippen molar-refractivity contribution in [3.63, 3.8) is 0 Å². The van der Waals surface area contributed by atoms with E-state index in [0.717, 1.165) is 4.47 Å². The van der Waals surface area contributed by atoms with Crippen LogP contribution in [0.4, 0.5) is 0 Å². The molecule has 5 heteroatoms. The molecule has 0 spiro atoms. The lowest BCUT2D eigenvalue weighted by Crippen LogP contribution is -2.22. The third-order valence-corrected chi connectivity index (χ3v) is 2.43. The van der Waals surface area contributed by atoms with Gasteiger partial charge < -0.3 is 9.47 Å². The number of rotatable bonds is 3. The number of carbonyl (C=O) groups excluding carboxylic acids is 1. The van der Waals surface area contributed by atoms with E-state index in [4.69, 9.17) is 9.47 Å². The first-order valence-electron chi connectivity index (χ1n) is 5.43. The zero-order chi connectivity index (χ0) is 13.8. The molecular weight excluding hydrogens is 298 g/mol. The smallest absolute Gasteiger partial charge is 0.331 e. The first-order valence-corrected chi connectivity index (χ1v) is 6.23. The van der Waals surface area contributed by atoms with Crippen molar-refractivity contribution < 1.29 is 14.3 Å². The molecule has 1 rings (SSSR count). The molecule has 0 aliphatic heterocycles. The molecule has 4 nitrogen and oxygen atoms in total. The van der Waals surface area contributed by atoms with Gasteiger partial charge in [0.25, 0.3) is 0 Å². The SMILES string of the molecule is COc1nc(C=CC(=O)OC(C)(C)C)ccc1Br. The predicted octanol–water partition coefficient (Wildman–Crippen LogP) is 3.21. The number of hydrogen-bond donors (Lipinski definition) is 0. The molecule has 0 aliphatic carbocycles. The van der Waals surface area contributed by atoms with Gasteiger partial charge in [-0.1, -0.05) is 0 Å². The van der Waals surface area contributed by atoms with Gasteiger partial charge in [-0.15, -0.1) is 0 Å². The van der Waals surface area contributed by atoms with E-state index in [1.54, 1.807) is 18.2 Å². The van der Waals surface area contributed by atoms with Gasteiger partial charge in [-0.2, -0.15) is 0 Å². The van der Waals surface area contributed by atoms with Crippen molar-refractivity contribution in [1.29, 1.82) is 0 Å². The number of methoxy groups -OCH3 is 1. The van der Waals surface area contributed by atoms with E-state index in [2.05, 4.69) is 20.9 Å². The molecule has 0 atom stereocenters. The van der Waals surface area contributed by atoms with Gasteiger partial charge in [0.2, 0.25) is 5.88 Å². The van der Waals surface area contributed by atoms with Crippen molar-refractivity contribution in [3.8, 4) is 5.88 Å². The van der Waals surface area contributed by atoms with E-state index in [0.29, 0.717) is 11.6 Å². The van der Waals surface area contributed by atoms with Crippen LogP contribution in [0.2, 0.25) is 0 Å². The normalized spacial score (nSPS) is 11.6. The van der Waals surface area contributed by atoms with Crippen LogP contribution >= 0.6 is 15.9 Å². The molecule has 1 aromatic heterocycles. The van der Waals surface area contributed by atoms with Crippen LogP contribution in [-0.2, 0) is 9.53 Å². The molecule has 0 aromatic carbocycles. The van der Waals surface area contributed by atoms with Crippen LogP contribution in [0.25, 0.3) is 6.08 Å². The van der Waals surface area contributed by atoms with Crippen LogP contribution in [0.3, 0.4) is 0 Å². The second-order valence-corrected chi connectivity index (χ2v) is 5.45. The summed E-state index contributed by atoms with van der Waals surface area (Å²) in [6, 6.07) is 3.58. The summed E-state index contributed by atoms with van der Waals surface area (Å²) in [5.74, 6) is 0.0764. The highest BCUT2D eigenvalue weighted by molar-refractivity contribution is 9.10. The second-order valence-electron chi connectivity index (χ2n) is 4.59. The summed E-state index contributed by atoms with van der Waals surface area (Å²) >= 11 is 3.31. The second kappa shape index (κ2) is 6.00. The molecule has 1 aromatic rings. The maximum Gasteiger partial charge on any atom is 0.331 e. The van der Waals surface area contributed by atoms with Gasteiger partial charge in [-0.25, -0.2) is 9.78 Å². The Balaban J connectivity index is 2.76. The van der Waals surface area contributed by atoms with Crippen molar-refractivity contribution in [2.75, 3.05) is 7.11 Å². The molecule has 98 valence electrons. The minimum Gasteiger partial charge on any atom is -0.480 e. The fourth-order valence-corrected chi connectivity index (χ4v) is 1.55. The number of carbonyl (C=O) groups is 1. The molecule has 0 bridgehead atoms. The van der Waals surface area contributed by atoms with Gasteiger partial charge in [0, 0.05) is 6.08 Å². The minimum atomic E-state index is -0.494. The van der Waals surface area contributed by atoms with Gasteiger partial charge in [0.1, 0.15) is 5.60 Å². The number of nitrogens with zero attached hydrogens (tertiary/aromatic N) is 1. The quantitative estimate of drug-likeness (QED) is 0.635. The highest BCUT2D eigenvalue weighted by Gasteiger charge is 2.13. The van der Waals surface area contributed by atoms with E-state index >= 15 is 0 Å². The van der Waals surface area contributed by atoms with Gasteiger partial charge >= 0.3 is 5.97 Å². The first kappa shape index (κ1) is 14.7. The molecule has 1 heterocycles. The maximum atomic E-state index is 11.5. The van der Waals surface area contributed by atoms with Crippen LogP contribution in [0.15, 0.2) is 22.7 Å². The van der Waals surface area contributed by atoms with Gasteiger partial charge in [-0.3, -0.25) is 0 Å². The lowest BCUT2D eigenvalue weighted by atomic mass is 10.2. The van der Waals surface area contributed by atoms with Crippen LogP contribution in [0.1, 0.15) is 26.5 Å². The van der Waals surface area contributed by atoms with Gasteiger partial charge in [0.15, 0.2) is 0 Å². The fourth-order valence-electron chi connectivity index (χ4n) is 1.16. The summed E-state index contributed by atoms with van der Waals surface area (Å²) in [6.07, 6.45) is 2.93. The highest BCUT2D eigenvalue weighted by atomic mass is 79.9. The molecule has 0 radical (unpaired) electrons. The average molecular weight is 314 g/mol. The largest absolute Gasteiger partial charge is 0.480 e. The molecule has 0 saturated carbocycles. The summed E-state index contributed by atoms with van der Waals surface area (Å²) < 4.78 is 11.0. The van der Waals surface area contributed by atoms with Crippen molar-refractivity contribution >= 4 is 28.0 Å². The molecule has 0 fully saturated rings. The molecule has 0 unspecified atom stereocenters. The number of halogens is 1. The van der Waals surface area contributed by atoms with E-state index in [-0.39, 0.29) is 0 Å². The summed E-state index contributed by atoms with van der Waals surface area (Å²) in [7, 11) is 1.54. The van der Waals surface area contributed by atoms with Crippen molar-refractivity contribution in [3.05, 3.63) is 28.4 Å². The zero-order valence-electron chi connectivity index (χ0n) is 10.9. The monoisotopic (exact) mass is 313 g/mol. The first-order chi connectivity index (χ1) is 8.31. The van der Waals surface area contributed by atoms with Crippen LogP contribution < -0.4 is 4.74 Å². The van der Waals surface area contributed by atoms with Crippen molar-refractivity contribution in [1.82, 2.24) is 4.98 Å². The Morgan fingerprint density at radius 1 is 1.39 bits per heavy atom. The molecular formula is C13H16BrNO3. The molecule has 0 saturated heterocycles. The Morgan fingerprint density at radius 2 is 2.06 bits per heavy atom. The lowest BCUT2D eigenvalue weighted by Gasteiger charge is -2.17. The number of esters is 1. The Hall–Kier alpha value is -1.36. The van der Waals surface area contributed by atoms with Crippen LogP contribution in [-0.4, -0.2) is 23.7 Å². The highest BCUT2D eigenvalue weighted by Crippen LogP contribution is 2.22. The van der Waals surface area contributed by atoms with Crippen molar-refractivity contribution in [2.24, 2.45) is 0 Å². The lowest BCUT2D eigenvalue weighted by molar-refractivity contribution is -0.148. The van der Waals surface area contributed by atoms with Crippen LogP contribution in [0, 0.1) is 0 Å². The zero-order valence-corrected chi connectivity index (χ0v) is 12.4. The summed E-state index contributed by atoms with van der Waals surface area (Å²) in [6.45, 7) is 5.46. The van der Waals surface area contributed by atoms with Crippen LogP contribution in [0.5, 0.6) is 5.88 Å². The van der Waals surface area contributed by atoms with E-state index in [1.165, 1.54) is 13.2 Å². The summed E-state index contributed by atoms with van der Waals surface area (Å²) in [5, 5.41) is 0. The third-order valence-electron chi connectivity index (χ3n) is 1.83. The maximum absolute atomic E-state index is 11.5. The molecule has 0 aliphatic rings. The average Bonchev–Trinajstić information content (AvgIpc) is 2.25. The third kappa shape index (κ3) is 4.87. The van der Waals surface area contributed by atoms with Crippen molar-refractivity contribution in [2.45, 2.75) is 26.4 Å². The predicted molar refractivity (Wildman–Crippen MR) is 73.4 cm³/mol. The van der Waals surface area contributed by atoms with E-state index in [1.807, 2.05) is 20.8 Å². The summed E-state index contributed by atoms with van der Waals surface area (Å²) in [5.41, 5.74) is 0.132. The summed E-state index contributed by atoms with van der Waals surface area (Å²) in [4.78, 5) is 15.7. The Bertz CT molecular complexity index is 464. The Kier molecular flexibility index (Phi) is 4.90. The number of aromatic nitrogens is 1. The van der Waals surface area contributed by atoms with E-state index in [9.17, 15) is 4.79 Å². The number of ether oxygens (including phenoxy) is 2. The number of pyridine rings is 1. The topological polar surface area (TPSA) is 48.4 Å². The fraction of sp³-hybridized carbons (Fsp3) is 0.385. The number of hydrogen-bond acceptors (Lipinski definition) is 4. The molecule has 0 N–H and O–H groups in total.